The van der Waals surface area contributed by atoms with Gasteiger partial charge in [-0.05, 0) is 19.3 Å². The molecule has 0 spiro atoms. The van der Waals surface area contributed by atoms with E-state index in [2.05, 4.69) is 20.3 Å². The molecular formula is C16H21N5O2. The molecule has 7 heteroatoms. The molecule has 0 aliphatic heterocycles. The molecule has 1 amide bonds. The lowest BCUT2D eigenvalue weighted by molar-refractivity contribution is 0.0930. The van der Waals surface area contributed by atoms with Gasteiger partial charge in [0.1, 0.15) is 17.2 Å². The highest BCUT2D eigenvalue weighted by Gasteiger charge is 2.27. The molecule has 2 aromatic rings. The molecule has 3 rings (SSSR count). The molecule has 1 aliphatic rings. The maximum absolute atomic E-state index is 12.4. The molecule has 0 saturated heterocycles. The smallest absolute Gasteiger partial charge is 0.263 e. The van der Waals surface area contributed by atoms with Crippen molar-refractivity contribution in [1.82, 2.24) is 24.8 Å². The van der Waals surface area contributed by atoms with Gasteiger partial charge in [0.2, 0.25) is 0 Å². The van der Waals surface area contributed by atoms with Crippen LogP contribution in [0, 0.1) is 0 Å². The summed E-state index contributed by atoms with van der Waals surface area (Å²) in [5, 5.41) is 2.90. The number of hydrogen-bond donors (Lipinski definition) is 2. The fourth-order valence-electron chi connectivity index (χ4n) is 2.64. The van der Waals surface area contributed by atoms with Gasteiger partial charge in [0.15, 0.2) is 0 Å². The number of nitrogens with zero attached hydrogens (tertiary/aromatic N) is 3. The SMILES string of the molecule is CCCC(NC(=O)c1cnc(C2CC2)[nH]c1=O)c1nccn1C. The molecule has 2 aromatic heterocycles. The second-order valence-electron chi connectivity index (χ2n) is 6.00. The third kappa shape index (κ3) is 3.33. The number of amides is 1. The van der Waals surface area contributed by atoms with Crippen LogP contribution in [0.5, 0.6) is 0 Å². The summed E-state index contributed by atoms with van der Waals surface area (Å²) in [5.74, 6) is 1.39. The minimum Gasteiger partial charge on any atom is -0.342 e. The van der Waals surface area contributed by atoms with Crippen molar-refractivity contribution in [2.24, 2.45) is 7.05 Å². The number of hydrogen-bond acceptors (Lipinski definition) is 4. The van der Waals surface area contributed by atoms with Gasteiger partial charge in [-0.3, -0.25) is 9.59 Å². The van der Waals surface area contributed by atoms with E-state index in [1.165, 1.54) is 6.20 Å². The molecule has 2 N–H and O–H groups in total. The molecule has 0 aromatic carbocycles. The Morgan fingerprint density at radius 3 is 2.83 bits per heavy atom. The zero-order valence-electron chi connectivity index (χ0n) is 13.4. The van der Waals surface area contributed by atoms with E-state index >= 15 is 0 Å². The van der Waals surface area contributed by atoms with Gasteiger partial charge in [-0.1, -0.05) is 13.3 Å². The van der Waals surface area contributed by atoms with Gasteiger partial charge in [0.05, 0.1) is 6.04 Å². The molecule has 1 atom stereocenters. The summed E-state index contributed by atoms with van der Waals surface area (Å²) in [5.41, 5.74) is -0.334. The van der Waals surface area contributed by atoms with Crippen molar-refractivity contribution in [1.29, 1.82) is 0 Å². The molecule has 23 heavy (non-hydrogen) atoms. The highest BCUT2D eigenvalue weighted by atomic mass is 16.2. The molecule has 1 aliphatic carbocycles. The first-order valence-electron chi connectivity index (χ1n) is 7.97. The molecule has 1 unspecified atom stereocenters. The summed E-state index contributed by atoms with van der Waals surface area (Å²) in [6.45, 7) is 2.04. The second-order valence-corrected chi connectivity index (χ2v) is 6.00. The first kappa shape index (κ1) is 15.5. The number of rotatable bonds is 6. The van der Waals surface area contributed by atoms with Crippen molar-refractivity contribution in [3.63, 3.8) is 0 Å². The number of aryl methyl sites for hydroxylation is 1. The lowest BCUT2D eigenvalue weighted by Gasteiger charge is -2.17. The van der Waals surface area contributed by atoms with E-state index in [0.717, 1.165) is 31.5 Å². The Morgan fingerprint density at radius 2 is 2.26 bits per heavy atom. The van der Waals surface area contributed by atoms with Gasteiger partial charge in [-0.15, -0.1) is 0 Å². The van der Waals surface area contributed by atoms with Gasteiger partial charge in [-0.25, -0.2) is 9.97 Å². The number of aromatic amines is 1. The van der Waals surface area contributed by atoms with E-state index in [1.807, 2.05) is 24.7 Å². The third-order valence-corrected chi connectivity index (χ3v) is 4.08. The average molecular weight is 315 g/mol. The number of aromatic nitrogens is 4. The Balaban J connectivity index is 1.79. The first-order chi connectivity index (χ1) is 11.1. The van der Waals surface area contributed by atoms with Crippen molar-refractivity contribution in [2.75, 3.05) is 0 Å². The number of carbonyl (C=O) groups is 1. The zero-order chi connectivity index (χ0) is 16.4. The fraction of sp³-hybridized carbons (Fsp3) is 0.500. The molecular weight excluding hydrogens is 294 g/mol. The highest BCUT2D eigenvalue weighted by molar-refractivity contribution is 5.93. The number of nitrogens with one attached hydrogen (secondary N) is 2. The minimum atomic E-state index is -0.414. The quantitative estimate of drug-likeness (QED) is 0.847. The average Bonchev–Trinajstić information content (AvgIpc) is 3.28. The van der Waals surface area contributed by atoms with Gasteiger partial charge in [0, 0.05) is 31.6 Å². The van der Waals surface area contributed by atoms with Gasteiger partial charge in [0.25, 0.3) is 11.5 Å². The fourth-order valence-corrected chi connectivity index (χ4v) is 2.64. The van der Waals surface area contributed by atoms with E-state index < -0.39 is 5.91 Å². The van der Waals surface area contributed by atoms with E-state index in [-0.39, 0.29) is 17.2 Å². The van der Waals surface area contributed by atoms with Crippen molar-refractivity contribution >= 4 is 5.91 Å². The summed E-state index contributed by atoms with van der Waals surface area (Å²) in [6.07, 6.45) is 8.66. The lowest BCUT2D eigenvalue weighted by atomic mass is 10.1. The van der Waals surface area contributed by atoms with Crippen molar-refractivity contribution in [3.8, 4) is 0 Å². The Kier molecular flexibility index (Phi) is 4.27. The monoisotopic (exact) mass is 315 g/mol. The van der Waals surface area contributed by atoms with Crippen molar-refractivity contribution in [3.05, 3.63) is 46.2 Å². The lowest BCUT2D eigenvalue weighted by Crippen LogP contribution is -2.34. The van der Waals surface area contributed by atoms with E-state index in [9.17, 15) is 9.59 Å². The molecule has 0 radical (unpaired) electrons. The van der Waals surface area contributed by atoms with Crippen LogP contribution in [-0.2, 0) is 7.05 Å². The third-order valence-electron chi connectivity index (χ3n) is 4.08. The Morgan fingerprint density at radius 1 is 1.48 bits per heavy atom. The van der Waals surface area contributed by atoms with Crippen LogP contribution in [-0.4, -0.2) is 25.4 Å². The number of H-pyrrole nitrogens is 1. The topological polar surface area (TPSA) is 92.7 Å². The van der Waals surface area contributed by atoms with Crippen LogP contribution in [0.4, 0.5) is 0 Å². The van der Waals surface area contributed by atoms with Gasteiger partial charge >= 0.3 is 0 Å². The molecule has 0 bridgehead atoms. The summed E-state index contributed by atoms with van der Waals surface area (Å²) in [7, 11) is 1.88. The van der Waals surface area contributed by atoms with Gasteiger partial charge < -0.3 is 14.9 Å². The Labute approximate surface area is 134 Å². The summed E-state index contributed by atoms with van der Waals surface area (Å²) in [6, 6.07) is -0.227. The maximum Gasteiger partial charge on any atom is 0.263 e. The van der Waals surface area contributed by atoms with E-state index in [4.69, 9.17) is 0 Å². The maximum atomic E-state index is 12.4. The van der Waals surface area contributed by atoms with Crippen LogP contribution in [0.2, 0.25) is 0 Å². The summed E-state index contributed by atoms with van der Waals surface area (Å²) < 4.78 is 1.87. The highest BCUT2D eigenvalue weighted by Crippen LogP contribution is 2.37. The minimum absolute atomic E-state index is 0.0460. The second kappa shape index (κ2) is 6.36. The van der Waals surface area contributed by atoms with Crippen LogP contribution in [0.15, 0.2) is 23.4 Å². The van der Waals surface area contributed by atoms with Crippen LogP contribution < -0.4 is 10.9 Å². The van der Waals surface area contributed by atoms with E-state index in [0.29, 0.717) is 11.7 Å². The normalized spacial score (nSPS) is 15.4. The van der Waals surface area contributed by atoms with Crippen LogP contribution in [0.3, 0.4) is 0 Å². The van der Waals surface area contributed by atoms with E-state index in [1.54, 1.807) is 6.20 Å². The van der Waals surface area contributed by atoms with Crippen LogP contribution in [0.25, 0.3) is 0 Å². The summed E-state index contributed by atoms with van der Waals surface area (Å²) >= 11 is 0. The molecule has 122 valence electrons. The number of imidazole rings is 1. The summed E-state index contributed by atoms with van der Waals surface area (Å²) in [4.78, 5) is 35.8. The molecule has 1 fully saturated rings. The largest absolute Gasteiger partial charge is 0.342 e. The molecule has 2 heterocycles. The number of carbonyl (C=O) groups excluding carboxylic acids is 1. The predicted molar refractivity (Wildman–Crippen MR) is 85.2 cm³/mol. The standard InChI is InChI=1S/C16H21N5O2/c1-3-4-12(14-17-7-8-21(14)2)19-15(22)11-9-18-13(10-5-6-10)20-16(11)23/h7-10,12H,3-6H2,1-2H3,(H,19,22)(H,18,20,23). The van der Waals surface area contributed by atoms with Crippen LogP contribution in [0.1, 0.15) is 66.6 Å². The van der Waals surface area contributed by atoms with Crippen LogP contribution >= 0.6 is 0 Å². The molecule has 1 saturated carbocycles. The first-order valence-corrected chi connectivity index (χ1v) is 7.97. The van der Waals surface area contributed by atoms with Crippen molar-refractivity contribution < 1.29 is 4.79 Å². The predicted octanol–water partition coefficient (Wildman–Crippen LogP) is 1.65. The zero-order valence-corrected chi connectivity index (χ0v) is 13.4. The van der Waals surface area contributed by atoms with Crippen molar-refractivity contribution in [2.45, 2.75) is 44.6 Å². The Hall–Kier alpha value is -2.44. The van der Waals surface area contributed by atoms with Gasteiger partial charge in [-0.2, -0.15) is 0 Å². The Bertz CT molecular complexity index is 760. The molecule has 7 nitrogen and oxygen atoms in total.